The average molecular weight is 260 g/mol. The summed E-state index contributed by atoms with van der Waals surface area (Å²) in [4.78, 5) is 12.7. The van der Waals surface area contributed by atoms with Gasteiger partial charge in [0, 0.05) is 18.1 Å². The van der Waals surface area contributed by atoms with Gasteiger partial charge in [0.25, 0.3) is 0 Å². The number of nitrogens with zero attached hydrogens (tertiary/aromatic N) is 2. The molecule has 0 aromatic carbocycles. The minimum absolute atomic E-state index is 0.0159. The molecule has 1 unspecified atom stereocenters. The van der Waals surface area contributed by atoms with Crippen LogP contribution >= 0.6 is 0 Å². The van der Waals surface area contributed by atoms with Gasteiger partial charge in [-0.1, -0.05) is 0 Å². The van der Waals surface area contributed by atoms with E-state index in [0.29, 0.717) is 6.61 Å². The Balaban J connectivity index is 1.81. The number of rotatable bonds is 2. The van der Waals surface area contributed by atoms with Gasteiger partial charge in [0.05, 0.1) is 17.0 Å². The molecule has 19 heavy (non-hydrogen) atoms. The van der Waals surface area contributed by atoms with E-state index in [1.807, 2.05) is 19.9 Å². The van der Waals surface area contributed by atoms with E-state index in [0.717, 1.165) is 42.6 Å². The third-order valence-corrected chi connectivity index (χ3v) is 4.49. The minimum atomic E-state index is 0.0159. The summed E-state index contributed by atoms with van der Waals surface area (Å²) in [6, 6.07) is 1.87. The second kappa shape index (κ2) is 4.67. The third kappa shape index (κ3) is 2.29. The van der Waals surface area contributed by atoms with E-state index in [-0.39, 0.29) is 17.3 Å². The Bertz CT molecular complexity index is 509. The fourth-order valence-corrected chi connectivity index (χ4v) is 3.19. The summed E-state index contributed by atoms with van der Waals surface area (Å²) >= 11 is 0. The van der Waals surface area contributed by atoms with E-state index in [4.69, 9.17) is 4.74 Å². The molecular formula is C15H20N2O2. The smallest absolute Gasteiger partial charge is 0.168 e. The lowest BCUT2D eigenvalue weighted by Crippen LogP contribution is -2.47. The highest BCUT2D eigenvalue weighted by molar-refractivity contribution is 5.98. The van der Waals surface area contributed by atoms with Crippen molar-refractivity contribution < 1.29 is 9.53 Å². The van der Waals surface area contributed by atoms with E-state index in [1.165, 1.54) is 6.42 Å². The largest absolute Gasteiger partial charge is 0.375 e. The first-order valence-electron chi connectivity index (χ1n) is 7.09. The van der Waals surface area contributed by atoms with E-state index in [9.17, 15) is 4.79 Å². The molecule has 2 fully saturated rings. The molecule has 1 aliphatic carbocycles. The van der Waals surface area contributed by atoms with Gasteiger partial charge in [0.15, 0.2) is 5.78 Å². The molecule has 0 N–H and O–H groups in total. The predicted octanol–water partition coefficient (Wildman–Crippen LogP) is 2.63. The van der Waals surface area contributed by atoms with Crippen molar-refractivity contribution in [2.24, 2.45) is 5.92 Å². The summed E-state index contributed by atoms with van der Waals surface area (Å²) in [6.07, 6.45) is 5.18. The molecule has 102 valence electrons. The average Bonchev–Trinajstić information content (AvgIpc) is 2.39. The number of carbonyl (C=O) groups excluding carboxylic acids is 1. The number of hydrogen-bond donors (Lipinski definition) is 0. The lowest BCUT2D eigenvalue weighted by molar-refractivity contribution is -0.137. The van der Waals surface area contributed by atoms with Crippen LogP contribution in [0.5, 0.6) is 0 Å². The Morgan fingerprint density at radius 3 is 2.84 bits per heavy atom. The van der Waals surface area contributed by atoms with Crippen molar-refractivity contribution in [1.82, 2.24) is 10.2 Å². The van der Waals surface area contributed by atoms with Crippen molar-refractivity contribution in [2.75, 3.05) is 6.61 Å². The summed E-state index contributed by atoms with van der Waals surface area (Å²) < 4.78 is 5.89. The standard InChI is InChI=1S/C15H20N2O2/c1-10-8-13(11(2)17-16-10)14(18)12-4-7-19-15(9-12)5-3-6-15/h8,12H,3-7,9H2,1-2H3. The SMILES string of the molecule is Cc1cc(C(=O)C2CCOC3(CCC3)C2)c(C)nn1. The highest BCUT2D eigenvalue weighted by Gasteiger charge is 2.44. The van der Waals surface area contributed by atoms with E-state index >= 15 is 0 Å². The van der Waals surface area contributed by atoms with Crippen LogP contribution < -0.4 is 0 Å². The summed E-state index contributed by atoms with van der Waals surface area (Å²) in [7, 11) is 0. The maximum Gasteiger partial charge on any atom is 0.168 e. The van der Waals surface area contributed by atoms with Crippen LogP contribution in [0, 0.1) is 19.8 Å². The van der Waals surface area contributed by atoms with Crippen LogP contribution in [0.4, 0.5) is 0 Å². The molecule has 4 nitrogen and oxygen atoms in total. The van der Waals surface area contributed by atoms with Gasteiger partial charge in [-0.3, -0.25) is 4.79 Å². The normalized spacial score (nSPS) is 25.1. The molecule has 0 amide bonds. The maximum atomic E-state index is 12.7. The van der Waals surface area contributed by atoms with Gasteiger partial charge in [0.1, 0.15) is 0 Å². The van der Waals surface area contributed by atoms with Crippen molar-refractivity contribution in [3.63, 3.8) is 0 Å². The molecule has 1 atom stereocenters. The van der Waals surface area contributed by atoms with Crippen LogP contribution in [0.1, 0.15) is 53.8 Å². The van der Waals surface area contributed by atoms with Gasteiger partial charge < -0.3 is 4.74 Å². The van der Waals surface area contributed by atoms with Crippen LogP contribution in [0.15, 0.2) is 6.07 Å². The van der Waals surface area contributed by atoms with Gasteiger partial charge in [-0.2, -0.15) is 10.2 Å². The highest BCUT2D eigenvalue weighted by atomic mass is 16.5. The Morgan fingerprint density at radius 1 is 1.37 bits per heavy atom. The number of Topliss-reactive ketones (excluding diaryl/α,β-unsaturated/α-hetero) is 1. The van der Waals surface area contributed by atoms with E-state index < -0.39 is 0 Å². The second-order valence-electron chi connectivity index (χ2n) is 5.92. The van der Waals surface area contributed by atoms with Crippen LogP contribution in [-0.2, 0) is 4.74 Å². The Labute approximate surface area is 113 Å². The molecule has 1 saturated carbocycles. The van der Waals surface area contributed by atoms with Gasteiger partial charge in [0.2, 0.25) is 0 Å². The van der Waals surface area contributed by atoms with Crippen molar-refractivity contribution in [1.29, 1.82) is 0 Å². The van der Waals surface area contributed by atoms with Crippen molar-refractivity contribution >= 4 is 5.78 Å². The Kier molecular flexibility index (Phi) is 3.13. The van der Waals surface area contributed by atoms with Gasteiger partial charge in [-0.25, -0.2) is 0 Å². The number of carbonyl (C=O) groups is 1. The molecule has 1 aliphatic heterocycles. The molecule has 3 rings (SSSR count). The Hall–Kier alpha value is -1.29. The zero-order chi connectivity index (χ0) is 13.5. The number of hydrogen-bond acceptors (Lipinski definition) is 4. The quantitative estimate of drug-likeness (QED) is 0.767. The van der Waals surface area contributed by atoms with Gasteiger partial charge in [-0.05, 0) is 52.0 Å². The summed E-state index contributed by atoms with van der Waals surface area (Å²) in [5, 5.41) is 8.06. The summed E-state index contributed by atoms with van der Waals surface area (Å²) in [5.74, 6) is 0.321. The molecule has 2 heterocycles. The molecule has 2 aliphatic rings. The molecule has 4 heteroatoms. The highest BCUT2D eigenvalue weighted by Crippen LogP contribution is 2.44. The first-order valence-corrected chi connectivity index (χ1v) is 7.09. The fourth-order valence-electron chi connectivity index (χ4n) is 3.19. The third-order valence-electron chi connectivity index (χ3n) is 4.49. The Morgan fingerprint density at radius 2 is 2.16 bits per heavy atom. The number of ketones is 1. The molecular weight excluding hydrogens is 240 g/mol. The topological polar surface area (TPSA) is 52.1 Å². The van der Waals surface area contributed by atoms with Crippen LogP contribution in [0.25, 0.3) is 0 Å². The van der Waals surface area contributed by atoms with Crippen LogP contribution in [0.3, 0.4) is 0 Å². The van der Waals surface area contributed by atoms with Gasteiger partial charge >= 0.3 is 0 Å². The first kappa shape index (κ1) is 12.7. The maximum absolute atomic E-state index is 12.7. The molecule has 1 saturated heterocycles. The number of aryl methyl sites for hydroxylation is 2. The predicted molar refractivity (Wildman–Crippen MR) is 71.1 cm³/mol. The zero-order valence-corrected chi connectivity index (χ0v) is 11.6. The number of aromatic nitrogens is 2. The molecule has 0 radical (unpaired) electrons. The monoisotopic (exact) mass is 260 g/mol. The van der Waals surface area contributed by atoms with E-state index in [2.05, 4.69) is 10.2 Å². The fraction of sp³-hybridized carbons (Fsp3) is 0.667. The van der Waals surface area contributed by atoms with Crippen LogP contribution in [0.2, 0.25) is 0 Å². The number of ether oxygens (including phenoxy) is 1. The molecule has 1 spiro atoms. The molecule has 0 bridgehead atoms. The van der Waals surface area contributed by atoms with Gasteiger partial charge in [-0.15, -0.1) is 0 Å². The lowest BCUT2D eigenvalue weighted by atomic mass is 9.70. The van der Waals surface area contributed by atoms with Crippen molar-refractivity contribution in [3.05, 3.63) is 23.0 Å². The lowest BCUT2D eigenvalue weighted by Gasteiger charge is -2.46. The molecule has 1 aromatic rings. The molecule has 1 aromatic heterocycles. The summed E-state index contributed by atoms with van der Waals surface area (Å²) in [6.45, 7) is 4.45. The van der Waals surface area contributed by atoms with Crippen molar-refractivity contribution in [3.8, 4) is 0 Å². The minimum Gasteiger partial charge on any atom is -0.375 e. The van der Waals surface area contributed by atoms with E-state index in [1.54, 1.807) is 0 Å². The zero-order valence-electron chi connectivity index (χ0n) is 11.6. The summed E-state index contributed by atoms with van der Waals surface area (Å²) in [5.41, 5.74) is 2.31. The van der Waals surface area contributed by atoms with Crippen LogP contribution in [-0.4, -0.2) is 28.2 Å². The van der Waals surface area contributed by atoms with Crippen molar-refractivity contribution in [2.45, 2.75) is 51.6 Å². The second-order valence-corrected chi connectivity index (χ2v) is 5.92. The first-order chi connectivity index (χ1) is 9.10.